The largest absolute Gasteiger partial charge is 0.492 e. The number of carbonyl (C=O) groups is 1. The minimum absolute atomic E-state index is 0.224. The van der Waals surface area contributed by atoms with Crippen LogP contribution in [-0.2, 0) is 9.53 Å². The lowest BCUT2D eigenvalue weighted by molar-refractivity contribution is -0.137. The maximum absolute atomic E-state index is 12.6. The summed E-state index contributed by atoms with van der Waals surface area (Å²) in [5.41, 5.74) is 0.0465. The van der Waals surface area contributed by atoms with E-state index in [4.69, 9.17) is 9.47 Å². The Kier molecular flexibility index (Phi) is 7.24. The monoisotopic (exact) mass is 332 g/mol. The van der Waals surface area contributed by atoms with Gasteiger partial charge in [-0.2, -0.15) is 5.26 Å². The van der Waals surface area contributed by atoms with E-state index in [-0.39, 0.29) is 5.91 Å². The molecule has 0 aliphatic heterocycles. The number of carbonyl (C=O) groups excluding carboxylic acids is 1. The lowest BCUT2D eigenvalue weighted by atomic mass is 9.93. The second kappa shape index (κ2) is 8.70. The molecule has 1 amide bonds. The second-order valence-corrected chi connectivity index (χ2v) is 7.01. The number of amides is 1. The van der Waals surface area contributed by atoms with Crippen LogP contribution in [0.4, 0.5) is 5.69 Å². The number of rotatable bonds is 8. The standard InChI is InChI=1S/C19H28N2O3/c1-13(2)10-19(5,23-6)18(22)21-16-7-8-17(15(9-16)11-20)24-12-14(3)4/h7-9,13-14H,10,12H2,1-6H3,(H,21,22). The summed E-state index contributed by atoms with van der Waals surface area (Å²) in [6.45, 7) is 10.5. The maximum Gasteiger partial charge on any atom is 0.256 e. The number of hydrogen-bond donors (Lipinski definition) is 1. The van der Waals surface area contributed by atoms with Gasteiger partial charge in [0.1, 0.15) is 17.4 Å². The van der Waals surface area contributed by atoms with Gasteiger partial charge in [-0.15, -0.1) is 0 Å². The van der Waals surface area contributed by atoms with Gasteiger partial charge in [0.25, 0.3) is 5.91 Å². The molecule has 0 fully saturated rings. The first-order chi connectivity index (χ1) is 11.2. The van der Waals surface area contributed by atoms with Crippen LogP contribution >= 0.6 is 0 Å². The highest BCUT2D eigenvalue weighted by Crippen LogP contribution is 2.26. The van der Waals surface area contributed by atoms with E-state index in [2.05, 4.69) is 11.4 Å². The van der Waals surface area contributed by atoms with Gasteiger partial charge in [0, 0.05) is 12.8 Å². The smallest absolute Gasteiger partial charge is 0.256 e. The van der Waals surface area contributed by atoms with E-state index >= 15 is 0 Å². The Morgan fingerprint density at radius 1 is 1.29 bits per heavy atom. The van der Waals surface area contributed by atoms with Gasteiger partial charge in [-0.3, -0.25) is 4.79 Å². The van der Waals surface area contributed by atoms with E-state index in [1.807, 2.05) is 27.7 Å². The van der Waals surface area contributed by atoms with Gasteiger partial charge in [0.2, 0.25) is 0 Å². The Bertz CT molecular complexity index is 605. The summed E-state index contributed by atoms with van der Waals surface area (Å²) < 4.78 is 11.1. The van der Waals surface area contributed by atoms with E-state index in [9.17, 15) is 10.1 Å². The molecule has 132 valence electrons. The highest BCUT2D eigenvalue weighted by atomic mass is 16.5. The topological polar surface area (TPSA) is 71.3 Å². The fraction of sp³-hybridized carbons (Fsp3) is 0.579. The molecule has 0 radical (unpaired) electrons. The van der Waals surface area contributed by atoms with Gasteiger partial charge in [-0.05, 0) is 43.4 Å². The van der Waals surface area contributed by atoms with Crippen molar-refractivity contribution >= 4 is 11.6 Å². The highest BCUT2D eigenvalue weighted by molar-refractivity contribution is 5.97. The van der Waals surface area contributed by atoms with Crippen molar-refractivity contribution in [3.05, 3.63) is 23.8 Å². The quantitative estimate of drug-likeness (QED) is 0.781. The first-order valence-electron chi connectivity index (χ1n) is 8.25. The lowest BCUT2D eigenvalue weighted by Crippen LogP contribution is -2.43. The number of anilines is 1. The minimum atomic E-state index is -0.909. The van der Waals surface area contributed by atoms with Crippen LogP contribution in [0, 0.1) is 23.2 Å². The van der Waals surface area contributed by atoms with Crippen molar-refractivity contribution in [2.24, 2.45) is 11.8 Å². The normalized spacial score (nSPS) is 13.5. The molecule has 5 nitrogen and oxygen atoms in total. The van der Waals surface area contributed by atoms with Crippen molar-refractivity contribution in [2.75, 3.05) is 19.0 Å². The molecular formula is C19H28N2O3. The molecule has 5 heteroatoms. The Labute approximate surface area is 145 Å². The molecule has 1 aromatic rings. The van der Waals surface area contributed by atoms with Gasteiger partial charge in [0.05, 0.1) is 12.2 Å². The zero-order valence-corrected chi connectivity index (χ0v) is 15.5. The second-order valence-electron chi connectivity index (χ2n) is 7.01. The third-order valence-electron chi connectivity index (χ3n) is 3.66. The zero-order valence-electron chi connectivity index (χ0n) is 15.5. The molecule has 0 aliphatic carbocycles. The number of hydrogen-bond acceptors (Lipinski definition) is 4. The molecule has 1 aromatic carbocycles. The van der Waals surface area contributed by atoms with E-state index in [1.165, 1.54) is 7.11 Å². The van der Waals surface area contributed by atoms with E-state index in [0.717, 1.165) is 0 Å². The average molecular weight is 332 g/mol. The molecule has 0 heterocycles. The Hall–Kier alpha value is -2.06. The van der Waals surface area contributed by atoms with E-state index in [0.29, 0.717) is 41.9 Å². The summed E-state index contributed by atoms with van der Waals surface area (Å²) in [6.07, 6.45) is 0.607. The van der Waals surface area contributed by atoms with Crippen LogP contribution in [0.1, 0.15) is 46.6 Å². The van der Waals surface area contributed by atoms with Gasteiger partial charge < -0.3 is 14.8 Å². The maximum atomic E-state index is 12.6. The summed E-state index contributed by atoms with van der Waals surface area (Å²) in [4.78, 5) is 12.6. The third kappa shape index (κ3) is 5.54. The SMILES string of the molecule is COC(C)(CC(C)C)C(=O)Nc1ccc(OCC(C)C)c(C#N)c1. The van der Waals surface area contributed by atoms with Crippen LogP contribution in [-0.4, -0.2) is 25.2 Å². The van der Waals surface area contributed by atoms with Gasteiger partial charge in [0.15, 0.2) is 0 Å². The van der Waals surface area contributed by atoms with Crippen LogP contribution in [0.15, 0.2) is 18.2 Å². The minimum Gasteiger partial charge on any atom is -0.492 e. The number of benzene rings is 1. The number of nitriles is 1. The van der Waals surface area contributed by atoms with Crippen LogP contribution in [0.5, 0.6) is 5.75 Å². The Balaban J connectivity index is 2.92. The number of nitrogens with zero attached hydrogens (tertiary/aromatic N) is 1. The van der Waals surface area contributed by atoms with Crippen molar-refractivity contribution < 1.29 is 14.3 Å². The van der Waals surface area contributed by atoms with Crippen LogP contribution in [0.3, 0.4) is 0 Å². The summed E-state index contributed by atoms with van der Waals surface area (Å²) in [6, 6.07) is 7.18. The molecule has 1 rings (SSSR count). The summed E-state index contributed by atoms with van der Waals surface area (Å²) in [5, 5.41) is 12.1. The summed E-state index contributed by atoms with van der Waals surface area (Å²) >= 11 is 0. The van der Waals surface area contributed by atoms with Crippen molar-refractivity contribution in [1.29, 1.82) is 5.26 Å². The molecule has 0 saturated heterocycles. The van der Waals surface area contributed by atoms with Crippen LogP contribution < -0.4 is 10.1 Å². The van der Waals surface area contributed by atoms with E-state index in [1.54, 1.807) is 25.1 Å². The van der Waals surface area contributed by atoms with E-state index < -0.39 is 5.60 Å². The molecule has 24 heavy (non-hydrogen) atoms. The van der Waals surface area contributed by atoms with Gasteiger partial charge in [-0.25, -0.2) is 0 Å². The molecule has 1 atom stereocenters. The molecular weight excluding hydrogens is 304 g/mol. The molecule has 0 saturated carbocycles. The van der Waals surface area contributed by atoms with Crippen molar-refractivity contribution in [1.82, 2.24) is 0 Å². The molecule has 0 aromatic heterocycles. The van der Waals surface area contributed by atoms with Crippen LogP contribution in [0.2, 0.25) is 0 Å². The fourth-order valence-electron chi connectivity index (χ4n) is 2.39. The first kappa shape index (κ1) is 20.0. The number of ether oxygens (including phenoxy) is 2. The summed E-state index contributed by atoms with van der Waals surface area (Å²) in [5.74, 6) is 0.996. The predicted octanol–water partition coefficient (Wildman–Crippen LogP) is 3.98. The van der Waals surface area contributed by atoms with Crippen molar-refractivity contribution in [2.45, 2.75) is 46.6 Å². The highest BCUT2D eigenvalue weighted by Gasteiger charge is 2.34. The van der Waals surface area contributed by atoms with Crippen molar-refractivity contribution in [3.8, 4) is 11.8 Å². The average Bonchev–Trinajstić information content (AvgIpc) is 2.52. The lowest BCUT2D eigenvalue weighted by Gasteiger charge is -2.28. The third-order valence-corrected chi connectivity index (χ3v) is 3.66. The molecule has 0 bridgehead atoms. The number of nitrogens with one attached hydrogen (secondary N) is 1. The molecule has 0 spiro atoms. The van der Waals surface area contributed by atoms with Crippen molar-refractivity contribution in [3.63, 3.8) is 0 Å². The zero-order chi connectivity index (χ0) is 18.3. The number of methoxy groups -OCH3 is 1. The van der Waals surface area contributed by atoms with Crippen LogP contribution in [0.25, 0.3) is 0 Å². The fourth-order valence-corrected chi connectivity index (χ4v) is 2.39. The molecule has 1 N–H and O–H groups in total. The van der Waals surface area contributed by atoms with Gasteiger partial charge >= 0.3 is 0 Å². The molecule has 1 unspecified atom stereocenters. The molecule has 0 aliphatic rings. The predicted molar refractivity (Wildman–Crippen MR) is 95.0 cm³/mol. The first-order valence-corrected chi connectivity index (χ1v) is 8.25. The Morgan fingerprint density at radius 2 is 1.96 bits per heavy atom. The Morgan fingerprint density at radius 3 is 2.46 bits per heavy atom. The van der Waals surface area contributed by atoms with Gasteiger partial charge in [-0.1, -0.05) is 27.7 Å². The summed E-state index contributed by atoms with van der Waals surface area (Å²) in [7, 11) is 1.53.